The third-order valence-electron chi connectivity index (χ3n) is 4.15. The average molecular weight is 420 g/mol. The lowest BCUT2D eigenvalue weighted by molar-refractivity contribution is -0.119. The number of carbonyl (C=O) groups is 1. The molecular weight excluding hydrogens is 398 g/mol. The highest BCUT2D eigenvalue weighted by Crippen LogP contribution is 2.20. The topological polar surface area (TPSA) is 79.6 Å². The molecule has 0 bridgehead atoms. The Morgan fingerprint density at radius 1 is 1.29 bits per heavy atom. The summed E-state index contributed by atoms with van der Waals surface area (Å²) in [5.74, 6) is -0.109. The number of amides is 1. The zero-order chi connectivity index (χ0) is 20.1. The normalized spacial score (nSPS) is 11.0. The molecule has 0 saturated carbocycles. The first-order valence-electron chi connectivity index (χ1n) is 9.08. The van der Waals surface area contributed by atoms with E-state index in [4.69, 9.17) is 11.6 Å². The van der Waals surface area contributed by atoms with Gasteiger partial charge in [-0.2, -0.15) is 4.52 Å². The van der Waals surface area contributed by atoms with E-state index < -0.39 is 0 Å². The summed E-state index contributed by atoms with van der Waals surface area (Å²) in [5.41, 5.74) is 1.68. The lowest BCUT2D eigenvalue weighted by Crippen LogP contribution is -2.36. The average Bonchev–Trinajstić information content (AvgIpc) is 3.08. The second-order valence-corrected chi connectivity index (χ2v) is 7.87. The summed E-state index contributed by atoms with van der Waals surface area (Å²) in [7, 11) is 1.77. The highest BCUT2D eigenvalue weighted by molar-refractivity contribution is 7.20. The maximum absolute atomic E-state index is 12.2. The third kappa shape index (κ3) is 5.08. The summed E-state index contributed by atoms with van der Waals surface area (Å²) >= 11 is 7.17. The molecule has 148 valence electrons. The number of aryl methyl sites for hydroxylation is 1. The molecule has 2 heterocycles. The molecule has 0 spiro atoms. The van der Waals surface area contributed by atoms with Gasteiger partial charge < -0.3 is 10.2 Å². The van der Waals surface area contributed by atoms with Crippen LogP contribution in [0.5, 0.6) is 0 Å². The first-order chi connectivity index (χ1) is 13.5. The number of carbonyl (C=O) groups excluding carboxylic acids is 1. The number of aromatic nitrogens is 3. The largest absolute Gasteiger partial charge is 0.354 e. The van der Waals surface area contributed by atoms with E-state index in [1.807, 2.05) is 31.2 Å². The fourth-order valence-corrected chi connectivity index (χ4v) is 3.73. The zero-order valence-corrected chi connectivity index (χ0v) is 17.4. The Kier molecular flexibility index (Phi) is 6.64. The van der Waals surface area contributed by atoms with Gasteiger partial charge in [-0.1, -0.05) is 48.4 Å². The molecule has 28 heavy (non-hydrogen) atoms. The van der Waals surface area contributed by atoms with Gasteiger partial charge in [-0.15, -0.1) is 5.10 Å². The van der Waals surface area contributed by atoms with Gasteiger partial charge in [-0.3, -0.25) is 9.59 Å². The van der Waals surface area contributed by atoms with Gasteiger partial charge in [0.2, 0.25) is 16.0 Å². The Morgan fingerprint density at radius 3 is 2.75 bits per heavy atom. The molecule has 1 N–H and O–H groups in total. The van der Waals surface area contributed by atoms with Gasteiger partial charge in [0, 0.05) is 30.4 Å². The second-order valence-electron chi connectivity index (χ2n) is 6.50. The third-order valence-corrected chi connectivity index (χ3v) is 5.42. The van der Waals surface area contributed by atoms with Crippen LogP contribution in [0, 0.1) is 0 Å². The number of hydrogen-bond acceptors (Lipinski definition) is 6. The van der Waals surface area contributed by atoms with Crippen LogP contribution in [0.1, 0.15) is 24.6 Å². The predicted octanol–water partition coefficient (Wildman–Crippen LogP) is 2.55. The molecule has 3 rings (SSSR count). The lowest BCUT2D eigenvalue weighted by Gasteiger charge is -2.14. The minimum Gasteiger partial charge on any atom is -0.354 e. The van der Waals surface area contributed by atoms with Gasteiger partial charge in [0.1, 0.15) is 0 Å². The van der Waals surface area contributed by atoms with Crippen molar-refractivity contribution in [1.29, 1.82) is 0 Å². The molecule has 1 aromatic carbocycles. The van der Waals surface area contributed by atoms with Crippen LogP contribution in [0.15, 0.2) is 35.1 Å². The summed E-state index contributed by atoms with van der Waals surface area (Å²) < 4.78 is 1.29. The van der Waals surface area contributed by atoms with Gasteiger partial charge in [-0.25, -0.2) is 4.98 Å². The summed E-state index contributed by atoms with van der Waals surface area (Å²) in [5, 5.41) is 8.46. The van der Waals surface area contributed by atoms with Gasteiger partial charge in [-0.05, 0) is 30.5 Å². The van der Waals surface area contributed by atoms with Crippen LogP contribution < -0.4 is 15.8 Å². The molecule has 0 saturated heterocycles. The summed E-state index contributed by atoms with van der Waals surface area (Å²) in [6.07, 6.45) is 2.41. The van der Waals surface area contributed by atoms with Gasteiger partial charge in [0.05, 0.1) is 6.54 Å². The van der Waals surface area contributed by atoms with Crippen LogP contribution in [0.25, 0.3) is 4.96 Å². The first kappa shape index (κ1) is 20.3. The highest BCUT2D eigenvalue weighted by atomic mass is 35.5. The number of benzene rings is 1. The van der Waals surface area contributed by atoms with Crippen molar-refractivity contribution < 1.29 is 4.79 Å². The van der Waals surface area contributed by atoms with E-state index in [1.54, 1.807) is 11.9 Å². The van der Waals surface area contributed by atoms with Crippen LogP contribution in [0.4, 0.5) is 5.13 Å². The van der Waals surface area contributed by atoms with Crippen molar-refractivity contribution >= 4 is 38.9 Å². The number of hydrogen-bond donors (Lipinski definition) is 1. The maximum Gasteiger partial charge on any atom is 0.275 e. The second kappa shape index (κ2) is 9.16. The molecule has 0 atom stereocenters. The maximum atomic E-state index is 12.2. The van der Waals surface area contributed by atoms with Gasteiger partial charge in [0.15, 0.2) is 0 Å². The Bertz CT molecular complexity index is 1020. The lowest BCUT2D eigenvalue weighted by atomic mass is 10.1. The van der Waals surface area contributed by atoms with Crippen molar-refractivity contribution in [3.8, 4) is 0 Å². The van der Waals surface area contributed by atoms with Gasteiger partial charge in [0.25, 0.3) is 5.56 Å². The molecule has 0 aliphatic carbocycles. The molecule has 0 aliphatic rings. The van der Waals surface area contributed by atoms with E-state index in [-0.39, 0.29) is 18.0 Å². The standard InChI is InChI=1S/C19H22ClN5O2S/c1-3-4-15-11-17(27)25-18(22-15)28-19(23-25)24(2)12-16(26)21-10-9-13-5-7-14(20)8-6-13/h5-8,11H,3-4,9-10,12H2,1-2H3,(H,21,26). The number of anilines is 1. The molecule has 3 aromatic rings. The van der Waals surface area contributed by atoms with Crippen molar-refractivity contribution in [3.05, 3.63) is 57.0 Å². The number of rotatable bonds is 8. The first-order valence-corrected chi connectivity index (χ1v) is 10.3. The molecular formula is C19H22ClN5O2S. The summed E-state index contributed by atoms with van der Waals surface area (Å²) in [6.45, 7) is 2.73. The van der Waals surface area contributed by atoms with Crippen molar-refractivity contribution in [1.82, 2.24) is 19.9 Å². The molecule has 0 radical (unpaired) electrons. The van der Waals surface area contributed by atoms with Crippen molar-refractivity contribution in [2.24, 2.45) is 0 Å². The molecule has 0 fully saturated rings. The molecule has 0 aliphatic heterocycles. The van der Waals surface area contributed by atoms with Crippen LogP contribution in [0.3, 0.4) is 0 Å². The molecule has 9 heteroatoms. The minimum atomic E-state index is -0.197. The number of halogens is 1. The van der Waals surface area contributed by atoms with E-state index >= 15 is 0 Å². The van der Waals surface area contributed by atoms with Crippen molar-refractivity contribution in [2.75, 3.05) is 25.0 Å². The van der Waals surface area contributed by atoms with Crippen molar-refractivity contribution in [3.63, 3.8) is 0 Å². The van der Waals surface area contributed by atoms with E-state index in [0.29, 0.717) is 21.7 Å². The highest BCUT2D eigenvalue weighted by Gasteiger charge is 2.14. The minimum absolute atomic E-state index is 0.109. The Morgan fingerprint density at radius 2 is 2.04 bits per heavy atom. The predicted molar refractivity (Wildman–Crippen MR) is 113 cm³/mol. The van der Waals surface area contributed by atoms with E-state index in [9.17, 15) is 9.59 Å². The fraction of sp³-hybridized carbons (Fsp3) is 0.368. The number of likely N-dealkylation sites (N-methyl/N-ethyl adjacent to an activating group) is 1. The number of nitrogens with zero attached hydrogens (tertiary/aromatic N) is 4. The SMILES string of the molecule is CCCc1cc(=O)n2nc(N(C)CC(=O)NCCc3ccc(Cl)cc3)sc2n1. The number of nitrogens with one attached hydrogen (secondary N) is 1. The molecule has 2 aromatic heterocycles. The van der Waals surface area contributed by atoms with E-state index in [1.165, 1.54) is 21.9 Å². The Labute approximate surface area is 172 Å². The van der Waals surface area contributed by atoms with Crippen LogP contribution in [0.2, 0.25) is 5.02 Å². The summed E-state index contributed by atoms with van der Waals surface area (Å²) in [6, 6.07) is 9.07. The van der Waals surface area contributed by atoms with Crippen LogP contribution >= 0.6 is 22.9 Å². The van der Waals surface area contributed by atoms with Crippen LogP contribution in [-0.2, 0) is 17.6 Å². The summed E-state index contributed by atoms with van der Waals surface area (Å²) in [4.78, 5) is 31.1. The Balaban J connectivity index is 1.58. The van der Waals surface area contributed by atoms with E-state index in [0.717, 1.165) is 30.5 Å². The smallest absolute Gasteiger partial charge is 0.275 e. The monoisotopic (exact) mass is 419 g/mol. The molecule has 1 amide bonds. The Hall–Kier alpha value is -2.45. The van der Waals surface area contributed by atoms with Gasteiger partial charge >= 0.3 is 0 Å². The van der Waals surface area contributed by atoms with E-state index in [2.05, 4.69) is 15.4 Å². The quantitative estimate of drug-likeness (QED) is 0.607. The fourth-order valence-electron chi connectivity index (χ4n) is 2.72. The van der Waals surface area contributed by atoms with Crippen LogP contribution in [-0.4, -0.2) is 40.6 Å². The number of fused-ring (bicyclic) bond motifs is 1. The zero-order valence-electron chi connectivity index (χ0n) is 15.8. The molecule has 7 nitrogen and oxygen atoms in total. The molecule has 0 unspecified atom stereocenters. The van der Waals surface area contributed by atoms with Crippen molar-refractivity contribution in [2.45, 2.75) is 26.2 Å².